The van der Waals surface area contributed by atoms with Gasteiger partial charge in [-0.2, -0.15) is 0 Å². The number of fused-ring (bicyclic) bond motifs is 1. The number of anilines is 2. The molecule has 0 radical (unpaired) electrons. The quantitative estimate of drug-likeness (QED) is 0.0958. The van der Waals surface area contributed by atoms with Crippen LogP contribution >= 0.6 is 0 Å². The van der Waals surface area contributed by atoms with Crippen molar-refractivity contribution in [3.63, 3.8) is 0 Å². The molecular weight excluding hydrogens is 574 g/mol. The van der Waals surface area contributed by atoms with Gasteiger partial charge in [0.05, 0.1) is 26.2 Å². The average molecular weight is 632 g/mol. The molecule has 8 heteroatoms. The van der Waals surface area contributed by atoms with Crippen molar-refractivity contribution in [1.29, 1.82) is 0 Å². The van der Waals surface area contributed by atoms with Crippen molar-refractivity contribution in [1.82, 2.24) is 15.0 Å². The maximum absolute atomic E-state index is 12.4. The van der Waals surface area contributed by atoms with Crippen LogP contribution in [0.25, 0.3) is 11.5 Å². The Balaban J connectivity index is 1.07. The van der Waals surface area contributed by atoms with Crippen LogP contribution in [0.1, 0.15) is 122 Å². The predicted octanol–water partition coefficient (Wildman–Crippen LogP) is 9.40. The van der Waals surface area contributed by atoms with Crippen LogP contribution in [0.2, 0.25) is 0 Å². The lowest BCUT2D eigenvalue weighted by atomic mass is 9.91. The number of pyridine rings is 1. The van der Waals surface area contributed by atoms with Gasteiger partial charge in [-0.25, -0.2) is 15.0 Å². The summed E-state index contributed by atoms with van der Waals surface area (Å²) in [5, 5.41) is 5.15. The van der Waals surface area contributed by atoms with Crippen molar-refractivity contribution in [3.8, 4) is 11.5 Å². The zero-order chi connectivity index (χ0) is 32.1. The van der Waals surface area contributed by atoms with Gasteiger partial charge in [0.1, 0.15) is 11.5 Å². The first-order valence-electron chi connectivity index (χ1n) is 18.2. The molecular formula is C38H57N5O3. The van der Waals surface area contributed by atoms with Crippen molar-refractivity contribution < 1.29 is 14.4 Å². The fourth-order valence-electron chi connectivity index (χ4n) is 6.11. The molecule has 3 heterocycles. The minimum absolute atomic E-state index is 0.184. The summed E-state index contributed by atoms with van der Waals surface area (Å²) in [6.45, 7) is 4.48. The van der Waals surface area contributed by atoms with Gasteiger partial charge >= 0.3 is 5.97 Å². The van der Waals surface area contributed by atoms with Gasteiger partial charge < -0.3 is 10.1 Å². The van der Waals surface area contributed by atoms with Gasteiger partial charge in [0, 0.05) is 24.7 Å². The number of nitrogens with one attached hydrogen (secondary N) is 1. The second-order valence-corrected chi connectivity index (χ2v) is 12.8. The lowest BCUT2D eigenvalue weighted by molar-refractivity contribution is -0.143. The van der Waals surface area contributed by atoms with Crippen LogP contribution in [0.15, 0.2) is 54.3 Å². The zero-order valence-corrected chi connectivity index (χ0v) is 28.3. The first-order valence-corrected chi connectivity index (χ1v) is 18.2. The Morgan fingerprint density at radius 2 is 1.63 bits per heavy atom. The van der Waals surface area contributed by atoms with E-state index in [2.05, 4.69) is 40.4 Å². The Kier molecular flexibility index (Phi) is 16.6. The summed E-state index contributed by atoms with van der Waals surface area (Å²) in [6, 6.07) is 7.56. The summed E-state index contributed by atoms with van der Waals surface area (Å²) >= 11 is 0. The Hall–Kier alpha value is -3.26. The smallest absolute Gasteiger partial charge is 0.307 e. The highest BCUT2D eigenvalue weighted by Gasteiger charge is 2.27. The topological polar surface area (TPSA) is 89.5 Å². The van der Waals surface area contributed by atoms with E-state index in [1.165, 1.54) is 95.5 Å². The van der Waals surface area contributed by atoms with Crippen molar-refractivity contribution in [3.05, 3.63) is 54.3 Å². The summed E-state index contributed by atoms with van der Waals surface area (Å²) in [7, 11) is 0. The lowest BCUT2D eigenvalue weighted by Crippen LogP contribution is -2.38. The molecule has 1 atom stereocenters. The molecule has 0 amide bonds. The van der Waals surface area contributed by atoms with E-state index in [1.807, 2.05) is 29.3 Å². The second kappa shape index (κ2) is 21.5. The number of rotatable bonds is 23. The largest absolute Gasteiger partial charge is 0.466 e. The fraction of sp³-hybridized carbons (Fsp3) is 0.632. The third-order valence-corrected chi connectivity index (χ3v) is 8.92. The Morgan fingerprint density at radius 3 is 2.30 bits per heavy atom. The molecule has 46 heavy (non-hydrogen) atoms. The molecule has 1 N–H and O–H groups in total. The lowest BCUT2D eigenvalue weighted by Gasteiger charge is -2.35. The number of hydrogen-bond donors (Lipinski definition) is 1. The first kappa shape index (κ1) is 35.6. The number of nitrogens with zero attached hydrogens (tertiary/aromatic N) is 4. The molecule has 0 aromatic carbocycles. The normalized spacial score (nSPS) is 15.8. The SMILES string of the molecule is CCCCCCCCCCCCCCCCCCOC(=O)CCNc1cc(N2CC3CC=CC=C3CO2)nc(-c2ccccn2)n1. The number of allylic oxidation sites excluding steroid dienone is 3. The molecule has 1 saturated heterocycles. The molecule has 0 bridgehead atoms. The minimum atomic E-state index is -0.184. The monoisotopic (exact) mass is 631 g/mol. The molecule has 1 aliphatic carbocycles. The maximum Gasteiger partial charge on any atom is 0.307 e. The van der Waals surface area contributed by atoms with E-state index >= 15 is 0 Å². The van der Waals surface area contributed by atoms with Crippen molar-refractivity contribution in [2.75, 3.05) is 36.7 Å². The van der Waals surface area contributed by atoms with Gasteiger partial charge in [-0.1, -0.05) is 128 Å². The number of aromatic nitrogens is 3. The van der Waals surface area contributed by atoms with Crippen LogP contribution in [0, 0.1) is 5.92 Å². The summed E-state index contributed by atoms with van der Waals surface area (Å²) in [4.78, 5) is 32.4. The standard InChI is InChI=1S/C38H57N5O3/c1-2-3-4-5-6-7-8-9-10-11-12-13-14-15-16-21-28-45-37(44)25-27-40-35-29-36(42-38(41-35)34-24-19-20-26-39-34)43-30-32-22-17-18-23-33(32)31-46-43/h17-20,23-24,26,29,32H,2-16,21-22,25,27-28,30-31H2,1H3,(H,40,41,42). The van der Waals surface area contributed by atoms with E-state index in [1.54, 1.807) is 6.20 Å². The molecule has 2 aromatic heterocycles. The summed E-state index contributed by atoms with van der Waals surface area (Å²) in [5.41, 5.74) is 2.00. The van der Waals surface area contributed by atoms with Gasteiger partial charge in [-0.15, -0.1) is 0 Å². The number of esters is 1. The van der Waals surface area contributed by atoms with Crippen molar-refractivity contribution in [2.24, 2.45) is 5.92 Å². The minimum Gasteiger partial charge on any atom is -0.466 e. The molecule has 8 nitrogen and oxygen atoms in total. The molecule has 4 rings (SSSR count). The highest BCUT2D eigenvalue weighted by molar-refractivity contribution is 5.70. The van der Waals surface area contributed by atoms with E-state index < -0.39 is 0 Å². The number of ether oxygens (including phenoxy) is 1. The third-order valence-electron chi connectivity index (χ3n) is 8.92. The Bertz CT molecular complexity index is 1200. The van der Waals surface area contributed by atoms with E-state index in [0.717, 1.165) is 25.8 Å². The molecule has 1 unspecified atom stereocenters. The zero-order valence-electron chi connectivity index (χ0n) is 28.3. The number of carbonyl (C=O) groups excluding carboxylic acids is 1. The second-order valence-electron chi connectivity index (χ2n) is 12.8. The number of hydroxylamine groups is 1. The molecule has 0 saturated carbocycles. The van der Waals surface area contributed by atoms with E-state index in [4.69, 9.17) is 14.6 Å². The van der Waals surface area contributed by atoms with Gasteiger partial charge in [0.15, 0.2) is 11.6 Å². The molecule has 2 aromatic rings. The molecule has 1 fully saturated rings. The van der Waals surface area contributed by atoms with Crippen LogP contribution < -0.4 is 10.4 Å². The molecule has 1 aliphatic heterocycles. The van der Waals surface area contributed by atoms with Gasteiger partial charge in [0.25, 0.3) is 0 Å². The summed E-state index contributed by atoms with van der Waals surface area (Å²) < 4.78 is 5.50. The molecule has 252 valence electrons. The predicted molar refractivity (Wildman–Crippen MR) is 188 cm³/mol. The van der Waals surface area contributed by atoms with Crippen LogP contribution in [0.5, 0.6) is 0 Å². The van der Waals surface area contributed by atoms with Crippen molar-refractivity contribution in [2.45, 2.75) is 122 Å². The highest BCUT2D eigenvalue weighted by Crippen LogP contribution is 2.30. The van der Waals surface area contributed by atoms with Crippen LogP contribution in [0.4, 0.5) is 11.6 Å². The van der Waals surface area contributed by atoms with E-state index in [9.17, 15) is 4.79 Å². The number of carbonyl (C=O) groups is 1. The third kappa shape index (κ3) is 13.2. The maximum atomic E-state index is 12.4. The fourth-order valence-corrected chi connectivity index (χ4v) is 6.11. The van der Waals surface area contributed by atoms with Gasteiger partial charge in [0.2, 0.25) is 0 Å². The molecule has 0 spiro atoms. The number of hydrogen-bond acceptors (Lipinski definition) is 8. The summed E-state index contributed by atoms with van der Waals surface area (Å²) in [5.74, 6) is 2.05. The Morgan fingerprint density at radius 1 is 0.935 bits per heavy atom. The Labute approximate surface area is 277 Å². The number of unbranched alkanes of at least 4 members (excludes halogenated alkanes) is 15. The van der Waals surface area contributed by atoms with Crippen LogP contribution in [-0.4, -0.2) is 47.2 Å². The first-order chi connectivity index (χ1) is 22.7. The van der Waals surface area contributed by atoms with Gasteiger partial charge in [-0.05, 0) is 30.5 Å². The van der Waals surface area contributed by atoms with E-state index in [0.29, 0.717) is 48.8 Å². The average Bonchev–Trinajstić information content (AvgIpc) is 3.09. The van der Waals surface area contributed by atoms with Crippen molar-refractivity contribution >= 4 is 17.6 Å². The summed E-state index contributed by atoms with van der Waals surface area (Å²) in [6.07, 6.45) is 30.7. The van der Waals surface area contributed by atoms with Gasteiger partial charge in [-0.3, -0.25) is 14.6 Å². The molecule has 2 aliphatic rings. The van der Waals surface area contributed by atoms with Crippen LogP contribution in [0.3, 0.4) is 0 Å². The highest BCUT2D eigenvalue weighted by atomic mass is 16.7. The van der Waals surface area contributed by atoms with Crippen LogP contribution in [-0.2, 0) is 14.4 Å². The van der Waals surface area contributed by atoms with E-state index in [-0.39, 0.29) is 12.4 Å².